The Hall–Kier alpha value is -1.85. The molecule has 2 unspecified atom stereocenters. The van der Waals surface area contributed by atoms with Crippen molar-refractivity contribution in [1.29, 1.82) is 0 Å². The fourth-order valence-electron chi connectivity index (χ4n) is 5.49. The van der Waals surface area contributed by atoms with E-state index in [1.807, 2.05) is 4.90 Å². The van der Waals surface area contributed by atoms with Crippen molar-refractivity contribution in [1.82, 2.24) is 14.7 Å². The first-order valence-corrected chi connectivity index (χ1v) is 11.4. The molecule has 3 saturated heterocycles. The number of carbonyl (C=O) groups excluding carboxylic acids is 1. The summed E-state index contributed by atoms with van der Waals surface area (Å²) in [7, 11) is 0. The summed E-state index contributed by atoms with van der Waals surface area (Å²) in [6.45, 7) is 8.28. The lowest BCUT2D eigenvalue weighted by Crippen LogP contribution is -2.47. The third-order valence-electron chi connectivity index (χ3n) is 7.24. The van der Waals surface area contributed by atoms with Gasteiger partial charge in [0, 0.05) is 38.6 Å². The van der Waals surface area contributed by atoms with Gasteiger partial charge in [-0.3, -0.25) is 0 Å². The minimum absolute atomic E-state index is 0.208. The van der Waals surface area contributed by atoms with E-state index in [9.17, 15) is 4.79 Å². The van der Waals surface area contributed by atoms with Gasteiger partial charge in [-0.05, 0) is 61.4 Å². The first-order valence-electron chi connectivity index (χ1n) is 11.4. The molecule has 5 nitrogen and oxygen atoms in total. The minimum Gasteiger partial charge on any atom is -0.378 e. The predicted octanol–water partition coefficient (Wildman–Crippen LogP) is 3.11. The largest absolute Gasteiger partial charge is 0.378 e. The number of morpholine rings is 1. The standard InChI is InChI=1S/C24H33N3O2/c28-24(26-13-15-29-16-14-26)27-17-21-7-8-22(23(21)18-27)20-5-3-19(4-6-20)9-12-25-10-1-2-11-25/h3-6,8,21,23H,1-2,7,9-18H2. The summed E-state index contributed by atoms with van der Waals surface area (Å²) >= 11 is 0. The van der Waals surface area contributed by atoms with E-state index in [-0.39, 0.29) is 6.03 Å². The van der Waals surface area contributed by atoms with E-state index in [2.05, 4.69) is 40.1 Å². The van der Waals surface area contributed by atoms with Gasteiger partial charge >= 0.3 is 6.03 Å². The summed E-state index contributed by atoms with van der Waals surface area (Å²) in [4.78, 5) is 19.5. The molecule has 156 valence electrons. The van der Waals surface area contributed by atoms with Crippen molar-refractivity contribution >= 4 is 11.6 Å². The molecule has 3 heterocycles. The molecule has 3 aliphatic heterocycles. The van der Waals surface area contributed by atoms with Crippen molar-refractivity contribution in [2.45, 2.75) is 25.7 Å². The normalized spacial score (nSPS) is 27.4. The van der Waals surface area contributed by atoms with Crippen LogP contribution in [0.5, 0.6) is 0 Å². The van der Waals surface area contributed by atoms with Crippen LogP contribution < -0.4 is 0 Å². The molecule has 0 N–H and O–H groups in total. The molecule has 0 radical (unpaired) electrons. The summed E-state index contributed by atoms with van der Waals surface area (Å²) < 4.78 is 5.39. The van der Waals surface area contributed by atoms with Crippen molar-refractivity contribution in [2.24, 2.45) is 11.8 Å². The van der Waals surface area contributed by atoms with Gasteiger partial charge in [0.2, 0.25) is 0 Å². The van der Waals surface area contributed by atoms with Gasteiger partial charge in [-0.2, -0.15) is 0 Å². The quantitative estimate of drug-likeness (QED) is 0.786. The third kappa shape index (κ3) is 4.08. The van der Waals surface area contributed by atoms with E-state index >= 15 is 0 Å². The van der Waals surface area contributed by atoms with Crippen LogP contribution in [0, 0.1) is 11.8 Å². The van der Waals surface area contributed by atoms with Gasteiger partial charge in [-0.25, -0.2) is 4.79 Å². The molecule has 3 fully saturated rings. The summed E-state index contributed by atoms with van der Waals surface area (Å²) in [5.74, 6) is 1.08. The average molecular weight is 396 g/mol. The van der Waals surface area contributed by atoms with Gasteiger partial charge in [0.25, 0.3) is 0 Å². The number of nitrogens with zero attached hydrogens (tertiary/aromatic N) is 3. The third-order valence-corrected chi connectivity index (χ3v) is 7.24. The molecule has 1 aliphatic carbocycles. The lowest BCUT2D eigenvalue weighted by atomic mass is 9.90. The van der Waals surface area contributed by atoms with Gasteiger partial charge in [-0.1, -0.05) is 30.3 Å². The van der Waals surface area contributed by atoms with E-state index in [0.29, 0.717) is 25.0 Å². The second-order valence-corrected chi connectivity index (χ2v) is 9.04. The molecule has 2 atom stereocenters. The molecule has 0 bridgehead atoms. The zero-order chi connectivity index (χ0) is 19.6. The second kappa shape index (κ2) is 8.49. The van der Waals surface area contributed by atoms with Gasteiger partial charge in [0.05, 0.1) is 13.2 Å². The van der Waals surface area contributed by atoms with Gasteiger partial charge in [0.1, 0.15) is 0 Å². The highest BCUT2D eigenvalue weighted by Gasteiger charge is 2.41. The van der Waals surface area contributed by atoms with Crippen LogP contribution in [0.3, 0.4) is 0 Å². The van der Waals surface area contributed by atoms with Crippen LogP contribution in [-0.2, 0) is 11.2 Å². The van der Waals surface area contributed by atoms with Crippen molar-refractivity contribution in [3.05, 3.63) is 41.5 Å². The first-order chi connectivity index (χ1) is 14.3. The number of allylic oxidation sites excluding steroid dienone is 1. The van der Waals surface area contributed by atoms with Gasteiger partial charge in [-0.15, -0.1) is 0 Å². The van der Waals surface area contributed by atoms with Crippen LogP contribution in [0.4, 0.5) is 4.79 Å². The summed E-state index contributed by atoms with van der Waals surface area (Å²) in [6.07, 6.45) is 7.39. The Balaban J connectivity index is 1.19. The number of fused-ring (bicyclic) bond motifs is 1. The van der Waals surface area contributed by atoms with E-state index in [1.165, 1.54) is 49.2 Å². The van der Waals surface area contributed by atoms with Crippen LogP contribution >= 0.6 is 0 Å². The Morgan fingerprint density at radius 3 is 2.48 bits per heavy atom. The van der Waals surface area contributed by atoms with Crippen LogP contribution in [0.25, 0.3) is 5.57 Å². The number of hydrogen-bond donors (Lipinski definition) is 0. The molecule has 5 rings (SSSR count). The maximum atomic E-state index is 12.9. The Kier molecular flexibility index (Phi) is 5.60. The Bertz CT molecular complexity index is 748. The zero-order valence-corrected chi connectivity index (χ0v) is 17.4. The van der Waals surface area contributed by atoms with E-state index in [0.717, 1.165) is 39.0 Å². The van der Waals surface area contributed by atoms with Crippen molar-refractivity contribution in [3.8, 4) is 0 Å². The molecule has 0 saturated carbocycles. The van der Waals surface area contributed by atoms with E-state index in [4.69, 9.17) is 4.74 Å². The Labute approximate surface area is 174 Å². The van der Waals surface area contributed by atoms with Gasteiger partial charge < -0.3 is 19.4 Å². The van der Waals surface area contributed by atoms with Crippen molar-refractivity contribution in [3.63, 3.8) is 0 Å². The number of amides is 2. The average Bonchev–Trinajstić information content (AvgIpc) is 3.50. The van der Waals surface area contributed by atoms with E-state index < -0.39 is 0 Å². The SMILES string of the molecule is O=C(N1CCOCC1)N1CC2CC=C(c3ccc(CCN4CCCC4)cc3)C2C1. The van der Waals surface area contributed by atoms with Crippen molar-refractivity contribution in [2.75, 3.05) is 59.0 Å². The molecule has 5 heteroatoms. The van der Waals surface area contributed by atoms with Crippen molar-refractivity contribution < 1.29 is 9.53 Å². The Morgan fingerprint density at radius 1 is 0.966 bits per heavy atom. The highest BCUT2D eigenvalue weighted by molar-refractivity contribution is 5.77. The molecule has 0 spiro atoms. The Morgan fingerprint density at radius 2 is 1.72 bits per heavy atom. The lowest BCUT2D eigenvalue weighted by Gasteiger charge is -2.31. The smallest absolute Gasteiger partial charge is 0.320 e. The molecule has 1 aromatic carbocycles. The maximum absolute atomic E-state index is 12.9. The van der Waals surface area contributed by atoms with Crippen LogP contribution in [0.1, 0.15) is 30.4 Å². The van der Waals surface area contributed by atoms with Crippen LogP contribution in [0.15, 0.2) is 30.3 Å². The van der Waals surface area contributed by atoms with E-state index in [1.54, 1.807) is 0 Å². The number of likely N-dealkylation sites (tertiary alicyclic amines) is 2. The van der Waals surface area contributed by atoms with Crippen LogP contribution in [-0.4, -0.2) is 79.8 Å². The summed E-state index contributed by atoms with van der Waals surface area (Å²) in [5.41, 5.74) is 4.24. The number of rotatable bonds is 4. The number of urea groups is 1. The molecule has 4 aliphatic rings. The predicted molar refractivity (Wildman–Crippen MR) is 115 cm³/mol. The molecule has 2 amide bonds. The monoisotopic (exact) mass is 395 g/mol. The number of ether oxygens (including phenoxy) is 1. The fourth-order valence-corrected chi connectivity index (χ4v) is 5.49. The highest BCUT2D eigenvalue weighted by Crippen LogP contribution is 2.43. The first kappa shape index (κ1) is 19.1. The molecule has 29 heavy (non-hydrogen) atoms. The number of benzene rings is 1. The molecule has 0 aromatic heterocycles. The fraction of sp³-hybridized carbons (Fsp3) is 0.625. The maximum Gasteiger partial charge on any atom is 0.320 e. The highest BCUT2D eigenvalue weighted by atomic mass is 16.5. The number of hydrogen-bond acceptors (Lipinski definition) is 3. The molecule has 1 aromatic rings. The summed E-state index contributed by atoms with van der Waals surface area (Å²) in [5, 5.41) is 0. The lowest BCUT2D eigenvalue weighted by molar-refractivity contribution is 0.0448. The summed E-state index contributed by atoms with van der Waals surface area (Å²) in [6, 6.07) is 9.44. The number of carbonyl (C=O) groups is 1. The van der Waals surface area contributed by atoms with Gasteiger partial charge in [0.15, 0.2) is 0 Å². The molecular formula is C24H33N3O2. The second-order valence-electron chi connectivity index (χ2n) is 9.04. The van der Waals surface area contributed by atoms with Crippen LogP contribution in [0.2, 0.25) is 0 Å². The zero-order valence-electron chi connectivity index (χ0n) is 17.4. The minimum atomic E-state index is 0.208. The molecular weight excluding hydrogens is 362 g/mol. The topological polar surface area (TPSA) is 36.0 Å².